The largest absolute Gasteiger partial charge is 0.497 e. The molecule has 0 spiro atoms. The van der Waals surface area contributed by atoms with Gasteiger partial charge in [0.2, 0.25) is 15.9 Å². The van der Waals surface area contributed by atoms with Crippen LogP contribution in [0.1, 0.15) is 39.2 Å². The fraction of sp³-hybridized carbons (Fsp3) is 0.435. The van der Waals surface area contributed by atoms with Crippen LogP contribution < -0.4 is 10.1 Å². The van der Waals surface area contributed by atoms with Crippen molar-refractivity contribution in [1.82, 2.24) is 19.3 Å². The molecule has 176 valence electrons. The van der Waals surface area contributed by atoms with Crippen LogP contribution in [0.5, 0.6) is 5.75 Å². The molecular weight excluding hydrogens is 442 g/mol. The third-order valence-electron chi connectivity index (χ3n) is 6.27. The normalized spacial score (nSPS) is 16.6. The maximum Gasteiger partial charge on any atom is 0.243 e. The number of nitrogens with one attached hydrogen (secondary N) is 1. The molecule has 10 heteroatoms. The molecule has 1 N–H and O–H groups in total. The monoisotopic (exact) mass is 471 g/mol. The third kappa shape index (κ3) is 4.72. The summed E-state index contributed by atoms with van der Waals surface area (Å²) in [6, 6.07) is 12.3. The van der Waals surface area contributed by atoms with E-state index in [-0.39, 0.29) is 22.8 Å². The van der Waals surface area contributed by atoms with Gasteiger partial charge in [0.15, 0.2) is 0 Å². The lowest BCUT2D eigenvalue weighted by atomic mass is 9.97. The van der Waals surface area contributed by atoms with Gasteiger partial charge in [-0.2, -0.15) is 4.31 Å². The zero-order chi connectivity index (χ0) is 23.6. The molecule has 0 radical (unpaired) electrons. The topological polar surface area (TPSA) is 106 Å². The van der Waals surface area contributed by atoms with Crippen molar-refractivity contribution in [1.29, 1.82) is 0 Å². The van der Waals surface area contributed by atoms with Crippen molar-refractivity contribution < 1.29 is 17.9 Å². The Hall–Kier alpha value is -2.98. The van der Waals surface area contributed by atoms with E-state index in [1.165, 1.54) is 4.31 Å². The highest BCUT2D eigenvalue weighted by Gasteiger charge is 2.32. The smallest absolute Gasteiger partial charge is 0.243 e. The van der Waals surface area contributed by atoms with Crippen LogP contribution >= 0.6 is 0 Å². The summed E-state index contributed by atoms with van der Waals surface area (Å²) in [5.74, 6) is 0.379. The number of piperidine rings is 1. The third-order valence-corrected chi connectivity index (χ3v) is 8.17. The Balaban J connectivity index is 1.41. The summed E-state index contributed by atoms with van der Waals surface area (Å²) in [4.78, 5) is 12.9. The number of nitrogens with zero attached hydrogens (tertiary/aromatic N) is 4. The summed E-state index contributed by atoms with van der Waals surface area (Å²) in [6.07, 6.45) is 1.83. The molecular formula is C23H29N5O4S. The van der Waals surface area contributed by atoms with Gasteiger partial charge in [-0.25, -0.2) is 13.1 Å². The number of sulfonamides is 1. The summed E-state index contributed by atoms with van der Waals surface area (Å²) < 4.78 is 34.8. The molecule has 1 aliphatic rings. The molecule has 0 saturated carbocycles. The van der Waals surface area contributed by atoms with Gasteiger partial charge >= 0.3 is 0 Å². The minimum absolute atomic E-state index is 0.0970. The number of rotatable bonds is 7. The van der Waals surface area contributed by atoms with Gasteiger partial charge in [0.25, 0.3) is 0 Å². The first-order valence-electron chi connectivity index (χ1n) is 11.1. The average molecular weight is 472 g/mol. The molecule has 0 aliphatic carbocycles. The summed E-state index contributed by atoms with van der Waals surface area (Å²) in [5.41, 5.74) is 2.07. The number of fused-ring (bicyclic) bond motifs is 1. The summed E-state index contributed by atoms with van der Waals surface area (Å²) in [6.45, 7) is 4.70. The lowest BCUT2D eigenvalue weighted by Gasteiger charge is -2.30. The van der Waals surface area contributed by atoms with Crippen molar-refractivity contribution in [3.63, 3.8) is 0 Å². The number of carbonyl (C=O) groups is 1. The first kappa shape index (κ1) is 23.2. The van der Waals surface area contributed by atoms with Crippen LogP contribution in [0.4, 0.5) is 5.69 Å². The van der Waals surface area contributed by atoms with Gasteiger partial charge in [-0.05, 0) is 68.7 Å². The molecule has 1 fully saturated rings. The number of hydrogen-bond donors (Lipinski definition) is 1. The highest BCUT2D eigenvalue weighted by molar-refractivity contribution is 7.89. The minimum atomic E-state index is -3.68. The lowest BCUT2D eigenvalue weighted by Crippen LogP contribution is -2.41. The number of carbonyl (C=O) groups excluding carboxylic acids is 1. The molecule has 1 saturated heterocycles. The van der Waals surface area contributed by atoms with Crippen LogP contribution in [0.25, 0.3) is 11.0 Å². The molecule has 3 aromatic rings. The number of anilines is 1. The maximum absolute atomic E-state index is 13.2. The van der Waals surface area contributed by atoms with Crippen molar-refractivity contribution in [3.05, 3.63) is 42.5 Å². The Kier molecular flexibility index (Phi) is 6.66. The molecule has 2 heterocycles. The van der Waals surface area contributed by atoms with Crippen LogP contribution in [0.3, 0.4) is 0 Å². The zero-order valence-corrected chi connectivity index (χ0v) is 19.9. The van der Waals surface area contributed by atoms with Crippen molar-refractivity contribution in [2.24, 2.45) is 5.92 Å². The van der Waals surface area contributed by atoms with Crippen LogP contribution in [-0.4, -0.2) is 53.8 Å². The van der Waals surface area contributed by atoms with E-state index in [1.54, 1.807) is 49.6 Å². The van der Waals surface area contributed by atoms with E-state index >= 15 is 0 Å². The van der Waals surface area contributed by atoms with Crippen LogP contribution in [-0.2, 0) is 14.8 Å². The lowest BCUT2D eigenvalue weighted by molar-refractivity contribution is -0.120. The fourth-order valence-electron chi connectivity index (χ4n) is 4.01. The molecule has 2 aromatic carbocycles. The number of methoxy groups -OCH3 is 1. The van der Waals surface area contributed by atoms with Gasteiger partial charge in [0.1, 0.15) is 11.3 Å². The van der Waals surface area contributed by atoms with E-state index in [2.05, 4.69) is 22.6 Å². The van der Waals surface area contributed by atoms with Crippen molar-refractivity contribution >= 4 is 32.7 Å². The number of amides is 1. The quantitative estimate of drug-likeness (QED) is 0.566. The molecule has 1 amide bonds. The summed E-state index contributed by atoms with van der Waals surface area (Å²) >= 11 is 0. The van der Waals surface area contributed by atoms with Crippen molar-refractivity contribution in [3.8, 4) is 5.75 Å². The van der Waals surface area contributed by atoms with E-state index in [1.807, 2.05) is 11.6 Å². The predicted octanol–water partition coefficient (Wildman–Crippen LogP) is 3.45. The first-order valence-corrected chi connectivity index (χ1v) is 12.6. The highest BCUT2D eigenvalue weighted by atomic mass is 32.2. The molecule has 9 nitrogen and oxygen atoms in total. The Labute approximate surface area is 193 Å². The van der Waals surface area contributed by atoms with Gasteiger partial charge in [-0.3, -0.25) is 4.79 Å². The van der Waals surface area contributed by atoms with E-state index in [0.717, 1.165) is 11.9 Å². The summed E-state index contributed by atoms with van der Waals surface area (Å²) in [7, 11) is -2.09. The average Bonchev–Trinajstić information content (AvgIpc) is 3.27. The Morgan fingerprint density at radius 3 is 2.52 bits per heavy atom. The van der Waals surface area contributed by atoms with Crippen molar-refractivity contribution in [2.75, 3.05) is 25.5 Å². The Morgan fingerprint density at radius 2 is 1.88 bits per heavy atom. The minimum Gasteiger partial charge on any atom is -0.497 e. The van der Waals surface area contributed by atoms with Gasteiger partial charge in [-0.15, -0.1) is 5.10 Å². The highest BCUT2D eigenvalue weighted by Crippen LogP contribution is 2.27. The van der Waals surface area contributed by atoms with Crippen LogP contribution in [0.2, 0.25) is 0 Å². The Bertz CT molecular complexity index is 1230. The van der Waals surface area contributed by atoms with E-state index in [0.29, 0.717) is 42.9 Å². The molecule has 1 unspecified atom stereocenters. The molecule has 1 atom stereocenters. The first-order chi connectivity index (χ1) is 15.8. The van der Waals surface area contributed by atoms with Crippen molar-refractivity contribution in [2.45, 2.75) is 44.0 Å². The Morgan fingerprint density at radius 1 is 1.18 bits per heavy atom. The zero-order valence-electron chi connectivity index (χ0n) is 19.1. The molecule has 0 bridgehead atoms. The number of hydrogen-bond acceptors (Lipinski definition) is 6. The van der Waals surface area contributed by atoms with Gasteiger partial charge in [-0.1, -0.05) is 12.1 Å². The second-order valence-corrected chi connectivity index (χ2v) is 10.3. The SMILES string of the molecule is CCC(C)n1nnc2cc(S(=O)(=O)N3CCC(C(=O)Nc4ccc(OC)cc4)CC3)ccc21. The number of ether oxygens (including phenoxy) is 1. The standard InChI is InChI=1S/C23H29N5O4S/c1-4-16(2)28-22-10-9-20(15-21(22)25-26-28)33(30,31)27-13-11-17(12-14-27)23(29)24-18-5-7-19(32-3)8-6-18/h5-10,15-17H,4,11-14H2,1-3H3,(H,24,29). The second-order valence-electron chi connectivity index (χ2n) is 8.34. The van der Waals surface area contributed by atoms with Crippen LogP contribution in [0, 0.1) is 5.92 Å². The van der Waals surface area contributed by atoms with Crippen LogP contribution in [0.15, 0.2) is 47.4 Å². The van der Waals surface area contributed by atoms with E-state index in [9.17, 15) is 13.2 Å². The fourth-order valence-corrected chi connectivity index (χ4v) is 5.50. The number of benzene rings is 2. The van der Waals surface area contributed by atoms with Gasteiger partial charge in [0.05, 0.1) is 23.6 Å². The number of aromatic nitrogens is 3. The molecule has 1 aliphatic heterocycles. The summed E-state index contributed by atoms with van der Waals surface area (Å²) in [5, 5.41) is 11.2. The molecule has 33 heavy (non-hydrogen) atoms. The maximum atomic E-state index is 13.2. The van der Waals surface area contributed by atoms with E-state index < -0.39 is 10.0 Å². The second kappa shape index (κ2) is 9.48. The van der Waals surface area contributed by atoms with Gasteiger partial charge in [0, 0.05) is 24.7 Å². The molecule has 1 aromatic heterocycles. The predicted molar refractivity (Wildman–Crippen MR) is 126 cm³/mol. The molecule has 4 rings (SSSR count). The van der Waals surface area contributed by atoms with E-state index in [4.69, 9.17) is 4.74 Å². The van der Waals surface area contributed by atoms with Gasteiger partial charge < -0.3 is 10.1 Å².